The maximum atomic E-state index is 13.6. The molecule has 1 aromatic carbocycles. The summed E-state index contributed by atoms with van der Waals surface area (Å²) in [5, 5.41) is -0.481. The summed E-state index contributed by atoms with van der Waals surface area (Å²) in [6.45, 7) is 1.79. The molecule has 0 saturated carbocycles. The highest BCUT2D eigenvalue weighted by atomic mass is 28.4. The molecule has 0 aromatic heterocycles. The largest absolute Gasteiger partial charge is 0.542 e. The molecular weight excluding hydrogens is 253 g/mol. The molecule has 0 radical (unpaired) electrons. The second kappa shape index (κ2) is 5.63. The Labute approximate surface area is 98.5 Å². The van der Waals surface area contributed by atoms with Gasteiger partial charge in [0.1, 0.15) is 17.5 Å². The van der Waals surface area contributed by atoms with Crippen molar-refractivity contribution in [3.8, 4) is 0 Å². The fourth-order valence-corrected chi connectivity index (χ4v) is 3.57. The van der Waals surface area contributed by atoms with Gasteiger partial charge in [-0.25, -0.2) is 13.2 Å². The smallest absolute Gasteiger partial charge is 0.373 e. The van der Waals surface area contributed by atoms with Gasteiger partial charge >= 0.3 is 8.80 Å². The van der Waals surface area contributed by atoms with E-state index >= 15 is 0 Å². The third-order valence-electron chi connectivity index (χ3n) is 2.18. The monoisotopic (exact) mass is 266 g/mol. The number of rotatable bonds is 5. The van der Waals surface area contributed by atoms with Gasteiger partial charge in [-0.15, -0.1) is 0 Å². The van der Waals surface area contributed by atoms with E-state index in [9.17, 15) is 13.2 Å². The molecule has 7 heteroatoms. The van der Waals surface area contributed by atoms with Crippen molar-refractivity contribution in [1.82, 2.24) is 0 Å². The lowest BCUT2D eigenvalue weighted by Gasteiger charge is -2.26. The van der Waals surface area contributed by atoms with Crippen molar-refractivity contribution in [2.45, 2.75) is 6.92 Å². The molecule has 0 heterocycles. The third kappa shape index (κ3) is 2.68. The molecule has 3 nitrogen and oxygen atoms in total. The van der Waals surface area contributed by atoms with Gasteiger partial charge in [-0.05, 0) is 6.92 Å². The van der Waals surface area contributed by atoms with Crippen molar-refractivity contribution < 1.29 is 26.4 Å². The van der Waals surface area contributed by atoms with Crippen LogP contribution in [0.5, 0.6) is 0 Å². The van der Waals surface area contributed by atoms with E-state index in [1.807, 2.05) is 0 Å². The molecule has 0 aliphatic heterocycles. The first-order valence-electron chi connectivity index (χ1n) is 4.90. The van der Waals surface area contributed by atoms with Gasteiger partial charge in [0.05, 0.1) is 5.19 Å². The Morgan fingerprint density at radius 3 is 1.88 bits per heavy atom. The van der Waals surface area contributed by atoms with Crippen molar-refractivity contribution in [2.24, 2.45) is 0 Å². The van der Waals surface area contributed by atoms with E-state index in [-0.39, 0.29) is 6.61 Å². The maximum absolute atomic E-state index is 13.6. The Morgan fingerprint density at radius 1 is 1.06 bits per heavy atom. The lowest BCUT2D eigenvalue weighted by atomic mass is 10.3. The van der Waals surface area contributed by atoms with Crippen LogP contribution in [-0.2, 0) is 13.3 Å². The van der Waals surface area contributed by atoms with E-state index in [4.69, 9.17) is 13.3 Å². The molecule has 0 N–H and O–H groups in total. The molecule has 0 fully saturated rings. The van der Waals surface area contributed by atoms with Crippen LogP contribution in [-0.4, -0.2) is 29.6 Å². The van der Waals surface area contributed by atoms with Crippen LogP contribution in [0.15, 0.2) is 12.1 Å². The molecule has 0 saturated heterocycles. The summed E-state index contributed by atoms with van der Waals surface area (Å²) < 4.78 is 55.3. The third-order valence-corrected chi connectivity index (χ3v) is 5.02. The summed E-state index contributed by atoms with van der Waals surface area (Å²) in [6.07, 6.45) is 0. The molecule has 0 amide bonds. The summed E-state index contributed by atoms with van der Waals surface area (Å²) in [5.41, 5.74) is 0. The van der Waals surface area contributed by atoms with Crippen LogP contribution in [0.2, 0.25) is 0 Å². The van der Waals surface area contributed by atoms with Crippen molar-refractivity contribution in [1.29, 1.82) is 0 Å². The van der Waals surface area contributed by atoms with Gasteiger partial charge in [-0.3, -0.25) is 0 Å². The number of benzene rings is 1. The van der Waals surface area contributed by atoms with Crippen LogP contribution in [0.25, 0.3) is 0 Å². The Hall–Kier alpha value is -0.893. The molecule has 96 valence electrons. The van der Waals surface area contributed by atoms with Crippen molar-refractivity contribution in [3.05, 3.63) is 29.6 Å². The highest BCUT2D eigenvalue weighted by Gasteiger charge is 2.46. The fourth-order valence-electron chi connectivity index (χ4n) is 1.50. The summed E-state index contributed by atoms with van der Waals surface area (Å²) in [5.74, 6) is -3.16. The summed E-state index contributed by atoms with van der Waals surface area (Å²) in [4.78, 5) is 0. The van der Waals surface area contributed by atoms with Crippen molar-refractivity contribution in [3.63, 3.8) is 0 Å². The Kier molecular flexibility index (Phi) is 4.69. The normalized spacial score (nSPS) is 11.9. The van der Waals surface area contributed by atoms with Gasteiger partial charge in [0, 0.05) is 33.0 Å². The number of halogens is 3. The first-order valence-corrected chi connectivity index (χ1v) is 6.62. The van der Waals surface area contributed by atoms with E-state index in [2.05, 4.69) is 0 Å². The maximum Gasteiger partial charge on any atom is 0.542 e. The molecule has 0 unspecified atom stereocenters. The van der Waals surface area contributed by atoms with E-state index in [1.165, 1.54) is 14.2 Å². The first kappa shape index (κ1) is 14.2. The van der Waals surface area contributed by atoms with Gasteiger partial charge < -0.3 is 13.3 Å². The Morgan fingerprint density at radius 2 is 1.53 bits per heavy atom. The molecule has 1 aromatic rings. The topological polar surface area (TPSA) is 27.7 Å². The number of hydrogen-bond donors (Lipinski definition) is 0. The van der Waals surface area contributed by atoms with Crippen LogP contribution >= 0.6 is 0 Å². The van der Waals surface area contributed by atoms with Crippen LogP contribution in [0.4, 0.5) is 13.2 Å². The highest BCUT2D eigenvalue weighted by Crippen LogP contribution is 2.14. The van der Waals surface area contributed by atoms with Gasteiger partial charge in [0.25, 0.3) is 0 Å². The number of hydrogen-bond acceptors (Lipinski definition) is 3. The van der Waals surface area contributed by atoms with Crippen LogP contribution < -0.4 is 5.19 Å². The lowest BCUT2D eigenvalue weighted by Crippen LogP contribution is -2.58. The van der Waals surface area contributed by atoms with Gasteiger partial charge in [-0.1, -0.05) is 0 Å². The highest BCUT2D eigenvalue weighted by molar-refractivity contribution is 6.75. The fraction of sp³-hybridized carbons (Fsp3) is 0.400. The van der Waals surface area contributed by atoms with E-state index in [0.717, 1.165) is 0 Å². The SMILES string of the molecule is CCO[Si](OC)(OC)c1c(F)cc(F)cc1F. The molecule has 1 rings (SSSR count). The minimum absolute atomic E-state index is 0.157. The van der Waals surface area contributed by atoms with Gasteiger partial charge in [0.15, 0.2) is 0 Å². The molecule has 0 aliphatic rings. The zero-order valence-corrected chi connectivity index (χ0v) is 10.7. The predicted molar refractivity (Wildman–Crippen MR) is 57.3 cm³/mol. The van der Waals surface area contributed by atoms with Gasteiger partial charge in [0.2, 0.25) is 0 Å². The van der Waals surface area contributed by atoms with Crippen molar-refractivity contribution >= 4 is 14.0 Å². The molecular formula is C10H13F3O3Si. The lowest BCUT2D eigenvalue weighted by molar-refractivity contribution is 0.118. The second-order valence-corrected chi connectivity index (χ2v) is 5.86. The van der Waals surface area contributed by atoms with E-state index < -0.39 is 31.4 Å². The molecule has 0 spiro atoms. The average molecular weight is 266 g/mol. The molecule has 0 bridgehead atoms. The zero-order valence-electron chi connectivity index (χ0n) is 9.72. The average Bonchev–Trinajstić information content (AvgIpc) is 2.26. The van der Waals surface area contributed by atoms with Crippen molar-refractivity contribution in [2.75, 3.05) is 20.8 Å². The van der Waals surface area contributed by atoms with E-state index in [1.54, 1.807) is 6.92 Å². The van der Waals surface area contributed by atoms with Gasteiger partial charge in [-0.2, -0.15) is 0 Å². The van der Waals surface area contributed by atoms with Crippen LogP contribution in [0.1, 0.15) is 6.92 Å². The zero-order chi connectivity index (χ0) is 13.1. The Balaban J connectivity index is 3.37. The standard InChI is InChI=1S/C10H13F3O3Si/c1-4-16-17(14-2,15-3)10-8(12)5-7(11)6-9(10)13/h5-6H,4H2,1-3H3. The van der Waals surface area contributed by atoms with E-state index in [0.29, 0.717) is 12.1 Å². The first-order chi connectivity index (χ1) is 8.00. The van der Waals surface area contributed by atoms with Crippen LogP contribution in [0, 0.1) is 17.5 Å². The predicted octanol–water partition coefficient (Wildman–Crippen LogP) is 1.58. The molecule has 0 aliphatic carbocycles. The summed E-state index contributed by atoms with van der Waals surface area (Å²) in [7, 11) is -1.19. The summed E-state index contributed by atoms with van der Waals surface area (Å²) in [6, 6.07) is 1.13. The summed E-state index contributed by atoms with van der Waals surface area (Å²) >= 11 is 0. The van der Waals surface area contributed by atoms with Crippen LogP contribution in [0.3, 0.4) is 0 Å². The quantitative estimate of drug-likeness (QED) is 0.757. The minimum atomic E-state index is -3.65. The Bertz CT molecular complexity index is 373. The molecule has 17 heavy (non-hydrogen) atoms. The molecule has 0 atom stereocenters. The second-order valence-electron chi connectivity index (χ2n) is 3.14. The minimum Gasteiger partial charge on any atom is -0.373 e.